The summed E-state index contributed by atoms with van der Waals surface area (Å²) >= 11 is 0. The van der Waals surface area contributed by atoms with Crippen LogP contribution >= 0.6 is 0 Å². The summed E-state index contributed by atoms with van der Waals surface area (Å²) in [5.74, 6) is 2.00. The Hall–Kier alpha value is -2.75. The van der Waals surface area contributed by atoms with Crippen LogP contribution < -0.4 is 14.2 Å². The Morgan fingerprint density at radius 2 is 1.22 bits per heavy atom. The van der Waals surface area contributed by atoms with E-state index in [1.807, 2.05) is 30.3 Å². The van der Waals surface area contributed by atoms with Crippen molar-refractivity contribution in [3.05, 3.63) is 59.2 Å². The van der Waals surface area contributed by atoms with E-state index >= 15 is 0 Å². The van der Waals surface area contributed by atoms with Crippen molar-refractivity contribution in [3.8, 4) is 17.2 Å². The number of hydrogen-bond donors (Lipinski definition) is 0. The molecule has 0 fully saturated rings. The maximum absolute atomic E-state index is 13.5. The molecule has 0 heterocycles. The number of ether oxygens (including phenoxy) is 3. The first-order chi connectivity index (χ1) is 17.4. The van der Waals surface area contributed by atoms with Crippen LogP contribution in [0.5, 0.6) is 17.2 Å². The van der Waals surface area contributed by atoms with Crippen molar-refractivity contribution in [1.82, 2.24) is 0 Å². The second-order valence-corrected chi connectivity index (χ2v) is 9.25. The van der Waals surface area contributed by atoms with Gasteiger partial charge in [0.15, 0.2) is 5.78 Å². The molecular formula is C32H46O4. The Bertz CT molecular complexity index is 966. The molecule has 2 aromatic rings. The van der Waals surface area contributed by atoms with E-state index < -0.39 is 0 Å². The molecule has 4 nitrogen and oxygen atoms in total. The van der Waals surface area contributed by atoms with Gasteiger partial charge in [0.05, 0.1) is 23.9 Å². The molecule has 0 saturated heterocycles. The van der Waals surface area contributed by atoms with Crippen LogP contribution in [-0.4, -0.2) is 24.1 Å². The molecule has 198 valence electrons. The van der Waals surface area contributed by atoms with Crippen molar-refractivity contribution in [2.45, 2.75) is 112 Å². The zero-order valence-electron chi connectivity index (χ0n) is 23.4. The molecule has 0 aromatic heterocycles. The van der Waals surface area contributed by atoms with E-state index in [9.17, 15) is 4.79 Å². The van der Waals surface area contributed by atoms with E-state index in [4.69, 9.17) is 14.2 Å². The Balaban J connectivity index is 2.43. The molecule has 0 amide bonds. The SMILES string of the molecule is CCc1ccc(OC(CC)CC)c(C=CC(=O)c2cc(OC(CC)CC)ccc2OC(CC)CC)c1. The van der Waals surface area contributed by atoms with Crippen LogP contribution in [0.3, 0.4) is 0 Å². The van der Waals surface area contributed by atoms with Crippen molar-refractivity contribution in [3.63, 3.8) is 0 Å². The fourth-order valence-corrected chi connectivity index (χ4v) is 4.11. The smallest absolute Gasteiger partial charge is 0.189 e. The lowest BCUT2D eigenvalue weighted by molar-refractivity contribution is 0.103. The van der Waals surface area contributed by atoms with Gasteiger partial charge in [-0.2, -0.15) is 0 Å². The van der Waals surface area contributed by atoms with Gasteiger partial charge in [-0.25, -0.2) is 0 Å². The van der Waals surface area contributed by atoms with Crippen LogP contribution in [-0.2, 0) is 6.42 Å². The number of aryl methyl sites for hydroxylation is 1. The largest absolute Gasteiger partial charge is 0.490 e. The van der Waals surface area contributed by atoms with Crippen molar-refractivity contribution in [1.29, 1.82) is 0 Å². The van der Waals surface area contributed by atoms with Crippen molar-refractivity contribution >= 4 is 11.9 Å². The monoisotopic (exact) mass is 494 g/mol. The van der Waals surface area contributed by atoms with Gasteiger partial charge < -0.3 is 14.2 Å². The first kappa shape index (κ1) is 29.5. The normalized spacial score (nSPS) is 11.6. The summed E-state index contributed by atoms with van der Waals surface area (Å²) < 4.78 is 18.6. The number of carbonyl (C=O) groups excluding carboxylic acids is 1. The van der Waals surface area contributed by atoms with E-state index in [2.05, 4.69) is 60.6 Å². The van der Waals surface area contributed by atoms with Gasteiger partial charge in [-0.3, -0.25) is 4.79 Å². The summed E-state index contributed by atoms with van der Waals surface area (Å²) in [5.41, 5.74) is 2.65. The minimum atomic E-state index is -0.110. The Labute approximate surface area is 219 Å². The second kappa shape index (κ2) is 15.4. The van der Waals surface area contributed by atoms with Crippen LogP contribution in [0.4, 0.5) is 0 Å². The number of rotatable bonds is 16. The summed E-state index contributed by atoms with van der Waals surface area (Å²) in [7, 11) is 0. The zero-order valence-corrected chi connectivity index (χ0v) is 23.4. The molecule has 0 radical (unpaired) electrons. The van der Waals surface area contributed by atoms with Gasteiger partial charge in [0, 0.05) is 5.56 Å². The van der Waals surface area contributed by atoms with Gasteiger partial charge in [-0.05, 0) is 93.0 Å². The summed E-state index contributed by atoms with van der Waals surface area (Å²) in [6.45, 7) is 14.8. The van der Waals surface area contributed by atoms with Crippen molar-refractivity contribution < 1.29 is 19.0 Å². The summed E-state index contributed by atoms with van der Waals surface area (Å²) in [5, 5.41) is 0. The van der Waals surface area contributed by atoms with E-state index in [1.54, 1.807) is 6.08 Å². The quantitative estimate of drug-likeness (QED) is 0.173. The van der Waals surface area contributed by atoms with Crippen LogP contribution in [0.1, 0.15) is 108 Å². The molecule has 0 aliphatic rings. The summed E-state index contributed by atoms with van der Waals surface area (Å²) in [6, 6.07) is 11.8. The topological polar surface area (TPSA) is 44.8 Å². The molecule has 0 bridgehead atoms. The highest BCUT2D eigenvalue weighted by Crippen LogP contribution is 2.30. The highest BCUT2D eigenvalue weighted by Gasteiger charge is 2.17. The fourth-order valence-electron chi connectivity index (χ4n) is 4.11. The van der Waals surface area contributed by atoms with Crippen LogP contribution in [0.15, 0.2) is 42.5 Å². The van der Waals surface area contributed by atoms with Crippen LogP contribution in [0.2, 0.25) is 0 Å². The highest BCUT2D eigenvalue weighted by molar-refractivity contribution is 6.09. The zero-order chi connectivity index (χ0) is 26.5. The van der Waals surface area contributed by atoms with E-state index in [0.29, 0.717) is 17.1 Å². The van der Waals surface area contributed by atoms with Gasteiger partial charge in [-0.15, -0.1) is 0 Å². The molecule has 0 spiro atoms. The second-order valence-electron chi connectivity index (χ2n) is 9.25. The summed E-state index contributed by atoms with van der Waals surface area (Å²) in [4.78, 5) is 13.5. The van der Waals surface area contributed by atoms with Crippen LogP contribution in [0.25, 0.3) is 6.08 Å². The van der Waals surface area contributed by atoms with Gasteiger partial charge in [-0.1, -0.05) is 54.5 Å². The third-order valence-electron chi connectivity index (χ3n) is 6.74. The molecule has 2 aromatic carbocycles. The third kappa shape index (κ3) is 8.43. The standard InChI is InChI=1S/C32H46O4/c1-8-23-15-19-31(35-26(11-4)12-5)24(21-23)16-18-30(33)29-22-28(34-25(9-2)10-3)17-20-32(29)36-27(13-6)14-7/h15-22,25-27H,8-14H2,1-7H3. The summed E-state index contributed by atoms with van der Waals surface area (Å²) in [6.07, 6.45) is 10.2. The molecule has 0 aliphatic heterocycles. The van der Waals surface area contributed by atoms with Gasteiger partial charge >= 0.3 is 0 Å². The molecule has 36 heavy (non-hydrogen) atoms. The predicted molar refractivity (Wildman–Crippen MR) is 151 cm³/mol. The highest BCUT2D eigenvalue weighted by atomic mass is 16.5. The van der Waals surface area contributed by atoms with Crippen molar-refractivity contribution in [2.75, 3.05) is 0 Å². The molecule has 0 aliphatic carbocycles. The molecule has 4 heteroatoms. The Kier molecular flexibility index (Phi) is 12.6. The third-order valence-corrected chi connectivity index (χ3v) is 6.74. The number of ketones is 1. The molecular weight excluding hydrogens is 448 g/mol. The van der Waals surface area contributed by atoms with Gasteiger partial charge in [0.25, 0.3) is 0 Å². The maximum Gasteiger partial charge on any atom is 0.189 e. The van der Waals surface area contributed by atoms with E-state index in [0.717, 1.165) is 56.3 Å². The van der Waals surface area contributed by atoms with Crippen LogP contribution in [0, 0.1) is 0 Å². The fraction of sp³-hybridized carbons (Fsp3) is 0.531. The average Bonchev–Trinajstić information content (AvgIpc) is 2.92. The lowest BCUT2D eigenvalue weighted by Crippen LogP contribution is -2.17. The molecule has 0 atom stereocenters. The van der Waals surface area contributed by atoms with Gasteiger partial charge in [0.1, 0.15) is 17.2 Å². The van der Waals surface area contributed by atoms with Gasteiger partial charge in [0.2, 0.25) is 0 Å². The number of carbonyl (C=O) groups is 1. The first-order valence-electron chi connectivity index (χ1n) is 13.9. The van der Waals surface area contributed by atoms with E-state index in [-0.39, 0.29) is 24.1 Å². The minimum absolute atomic E-state index is 0.0626. The minimum Gasteiger partial charge on any atom is -0.490 e. The van der Waals surface area contributed by atoms with E-state index in [1.165, 1.54) is 5.56 Å². The average molecular weight is 495 g/mol. The molecule has 0 unspecified atom stereocenters. The Morgan fingerprint density at radius 1 is 0.694 bits per heavy atom. The number of benzene rings is 2. The predicted octanol–water partition coefficient (Wildman–Crippen LogP) is 8.85. The first-order valence-corrected chi connectivity index (χ1v) is 13.9. The lowest BCUT2D eigenvalue weighted by atomic mass is 10.0. The molecule has 0 saturated carbocycles. The number of hydrogen-bond acceptors (Lipinski definition) is 4. The molecule has 0 N–H and O–H groups in total. The Morgan fingerprint density at radius 3 is 1.78 bits per heavy atom. The number of allylic oxidation sites excluding steroid dienone is 1. The van der Waals surface area contributed by atoms with Crippen molar-refractivity contribution in [2.24, 2.45) is 0 Å². The lowest BCUT2D eigenvalue weighted by Gasteiger charge is -2.20. The molecule has 2 rings (SSSR count). The maximum atomic E-state index is 13.5.